The molecular formula is C21H27NO3. The molecule has 0 N–H and O–H groups in total. The van der Waals surface area contributed by atoms with Crippen LogP contribution < -0.4 is 4.74 Å². The molecule has 2 aromatic carbocycles. The van der Waals surface area contributed by atoms with Crippen molar-refractivity contribution in [3.05, 3.63) is 42.0 Å². The highest BCUT2D eigenvalue weighted by Crippen LogP contribution is 2.24. The number of nitrogens with zero attached hydrogens (tertiary/aromatic N) is 1. The van der Waals surface area contributed by atoms with Gasteiger partial charge in [-0.2, -0.15) is 0 Å². The lowest BCUT2D eigenvalue weighted by Gasteiger charge is -2.37. The van der Waals surface area contributed by atoms with E-state index in [9.17, 15) is 9.59 Å². The lowest BCUT2D eigenvalue weighted by molar-refractivity contribution is -0.143. The summed E-state index contributed by atoms with van der Waals surface area (Å²) in [5.41, 5.74) is 0.378. The topological polar surface area (TPSA) is 46.6 Å². The van der Waals surface area contributed by atoms with Gasteiger partial charge in [-0.05, 0) is 63.1 Å². The highest BCUT2D eigenvalue weighted by atomic mass is 16.5. The van der Waals surface area contributed by atoms with E-state index in [1.807, 2.05) is 69.9 Å². The Bertz CT molecular complexity index is 761. The third-order valence-corrected chi connectivity index (χ3v) is 4.29. The van der Waals surface area contributed by atoms with Crippen LogP contribution in [0.1, 0.15) is 51.4 Å². The Labute approximate surface area is 149 Å². The summed E-state index contributed by atoms with van der Waals surface area (Å²) in [5, 5.41) is 1.95. The van der Waals surface area contributed by atoms with Crippen LogP contribution in [0.3, 0.4) is 0 Å². The van der Waals surface area contributed by atoms with Crippen molar-refractivity contribution >= 4 is 23.0 Å². The van der Waals surface area contributed by atoms with Gasteiger partial charge in [0.15, 0.2) is 6.10 Å². The van der Waals surface area contributed by atoms with Gasteiger partial charge in [0.2, 0.25) is 0 Å². The minimum absolute atomic E-state index is 0.000704. The van der Waals surface area contributed by atoms with Crippen molar-refractivity contribution in [2.24, 2.45) is 0 Å². The first kappa shape index (κ1) is 19.0. The van der Waals surface area contributed by atoms with E-state index in [-0.39, 0.29) is 11.4 Å². The average molecular weight is 341 g/mol. The summed E-state index contributed by atoms with van der Waals surface area (Å²) in [6, 6.07) is 11.2. The Morgan fingerprint density at radius 1 is 1.12 bits per heavy atom. The standard InChI is InChI=1S/C21H27NO3/c1-6-19(20(24)22(7-2)21(3,4)5)25-18-11-10-16-9-8-15(14-23)12-17(16)13-18/h8-14,19H,6-7H2,1-5H3. The molecule has 0 saturated carbocycles. The van der Waals surface area contributed by atoms with E-state index in [2.05, 4.69) is 0 Å². The number of carbonyl (C=O) groups is 2. The zero-order valence-electron chi connectivity index (χ0n) is 15.7. The fraction of sp³-hybridized carbons (Fsp3) is 0.429. The predicted molar refractivity (Wildman–Crippen MR) is 101 cm³/mol. The minimum Gasteiger partial charge on any atom is -0.481 e. The summed E-state index contributed by atoms with van der Waals surface area (Å²) in [4.78, 5) is 25.7. The van der Waals surface area contributed by atoms with Gasteiger partial charge in [-0.3, -0.25) is 9.59 Å². The van der Waals surface area contributed by atoms with Gasteiger partial charge in [-0.25, -0.2) is 0 Å². The number of rotatable bonds is 6. The molecule has 0 aliphatic rings. The highest BCUT2D eigenvalue weighted by Gasteiger charge is 2.31. The van der Waals surface area contributed by atoms with Crippen LogP contribution in [0.25, 0.3) is 10.8 Å². The number of likely N-dealkylation sites (N-methyl/N-ethyl adjacent to an activating group) is 1. The smallest absolute Gasteiger partial charge is 0.264 e. The van der Waals surface area contributed by atoms with Crippen LogP contribution in [-0.2, 0) is 4.79 Å². The van der Waals surface area contributed by atoms with E-state index in [1.54, 1.807) is 6.07 Å². The largest absolute Gasteiger partial charge is 0.481 e. The molecule has 0 heterocycles. The van der Waals surface area contributed by atoms with Crippen LogP contribution in [0.4, 0.5) is 0 Å². The molecule has 2 rings (SSSR count). The normalized spacial score (nSPS) is 12.7. The predicted octanol–water partition coefficient (Wildman–Crippen LogP) is 4.46. The van der Waals surface area contributed by atoms with Gasteiger partial charge >= 0.3 is 0 Å². The highest BCUT2D eigenvalue weighted by molar-refractivity contribution is 5.90. The molecule has 1 unspecified atom stereocenters. The zero-order chi connectivity index (χ0) is 18.6. The monoisotopic (exact) mass is 341 g/mol. The van der Waals surface area contributed by atoms with Crippen molar-refractivity contribution in [3.8, 4) is 5.75 Å². The fourth-order valence-electron chi connectivity index (χ4n) is 3.00. The lowest BCUT2D eigenvalue weighted by atomic mass is 10.0. The number of ether oxygens (including phenoxy) is 1. The molecular weight excluding hydrogens is 314 g/mol. The quantitative estimate of drug-likeness (QED) is 0.729. The first-order valence-corrected chi connectivity index (χ1v) is 8.77. The van der Waals surface area contributed by atoms with Crippen LogP contribution >= 0.6 is 0 Å². The molecule has 0 aromatic heterocycles. The second-order valence-electron chi connectivity index (χ2n) is 7.15. The number of amides is 1. The Morgan fingerprint density at radius 2 is 1.80 bits per heavy atom. The molecule has 2 aromatic rings. The summed E-state index contributed by atoms with van der Waals surface area (Å²) in [6.45, 7) is 10.6. The van der Waals surface area contributed by atoms with Gasteiger partial charge in [0.05, 0.1) is 0 Å². The molecule has 0 bridgehead atoms. The molecule has 25 heavy (non-hydrogen) atoms. The van der Waals surface area contributed by atoms with E-state index in [1.165, 1.54) is 0 Å². The SMILES string of the molecule is CCC(Oc1ccc2ccc(C=O)cc2c1)C(=O)N(CC)C(C)(C)C. The molecule has 0 radical (unpaired) electrons. The van der Waals surface area contributed by atoms with Crippen LogP contribution in [0.15, 0.2) is 36.4 Å². The zero-order valence-corrected chi connectivity index (χ0v) is 15.7. The van der Waals surface area contributed by atoms with Crippen LogP contribution in [0.2, 0.25) is 0 Å². The molecule has 0 fully saturated rings. The first-order valence-electron chi connectivity index (χ1n) is 8.77. The molecule has 0 spiro atoms. The number of benzene rings is 2. The van der Waals surface area contributed by atoms with Crippen LogP contribution in [0.5, 0.6) is 5.75 Å². The Morgan fingerprint density at radius 3 is 2.36 bits per heavy atom. The fourth-order valence-corrected chi connectivity index (χ4v) is 3.00. The van der Waals surface area contributed by atoms with Crippen LogP contribution in [-0.4, -0.2) is 35.3 Å². The Balaban J connectivity index is 2.27. The summed E-state index contributed by atoms with van der Waals surface area (Å²) in [5.74, 6) is 0.639. The molecule has 0 aliphatic carbocycles. The molecule has 4 heteroatoms. The third kappa shape index (κ3) is 4.38. The van der Waals surface area contributed by atoms with E-state index in [4.69, 9.17) is 4.74 Å². The van der Waals surface area contributed by atoms with E-state index in [0.717, 1.165) is 17.1 Å². The summed E-state index contributed by atoms with van der Waals surface area (Å²) in [6.07, 6.45) is 0.900. The number of hydrogen-bond acceptors (Lipinski definition) is 3. The molecule has 134 valence electrons. The number of carbonyl (C=O) groups excluding carboxylic acids is 2. The van der Waals surface area contributed by atoms with Gasteiger partial charge in [0, 0.05) is 17.6 Å². The van der Waals surface area contributed by atoms with Gasteiger partial charge in [-0.15, -0.1) is 0 Å². The maximum absolute atomic E-state index is 12.9. The molecule has 0 saturated heterocycles. The first-order chi connectivity index (χ1) is 11.8. The second kappa shape index (κ2) is 7.68. The van der Waals surface area contributed by atoms with Crippen molar-refractivity contribution in [2.75, 3.05) is 6.54 Å². The molecule has 1 atom stereocenters. The minimum atomic E-state index is -0.522. The summed E-state index contributed by atoms with van der Waals surface area (Å²) < 4.78 is 6.01. The van der Waals surface area contributed by atoms with Crippen molar-refractivity contribution in [2.45, 2.75) is 52.7 Å². The molecule has 0 aliphatic heterocycles. The van der Waals surface area contributed by atoms with Gasteiger partial charge < -0.3 is 9.64 Å². The third-order valence-electron chi connectivity index (χ3n) is 4.29. The maximum Gasteiger partial charge on any atom is 0.264 e. The van der Waals surface area contributed by atoms with E-state index < -0.39 is 6.10 Å². The number of aldehydes is 1. The molecule has 1 amide bonds. The van der Waals surface area contributed by atoms with Gasteiger partial charge in [0.25, 0.3) is 5.91 Å². The van der Waals surface area contributed by atoms with Crippen molar-refractivity contribution in [1.29, 1.82) is 0 Å². The van der Waals surface area contributed by atoms with Gasteiger partial charge in [-0.1, -0.05) is 25.1 Å². The summed E-state index contributed by atoms with van der Waals surface area (Å²) in [7, 11) is 0. The maximum atomic E-state index is 12.9. The van der Waals surface area contributed by atoms with Crippen molar-refractivity contribution in [3.63, 3.8) is 0 Å². The van der Waals surface area contributed by atoms with E-state index in [0.29, 0.717) is 24.3 Å². The molecule has 4 nitrogen and oxygen atoms in total. The number of fused-ring (bicyclic) bond motifs is 1. The second-order valence-corrected chi connectivity index (χ2v) is 7.15. The van der Waals surface area contributed by atoms with E-state index >= 15 is 0 Å². The Hall–Kier alpha value is -2.36. The summed E-state index contributed by atoms with van der Waals surface area (Å²) >= 11 is 0. The lowest BCUT2D eigenvalue weighted by Crippen LogP contribution is -2.51. The van der Waals surface area contributed by atoms with Crippen molar-refractivity contribution < 1.29 is 14.3 Å². The number of hydrogen-bond donors (Lipinski definition) is 0. The van der Waals surface area contributed by atoms with Crippen molar-refractivity contribution in [1.82, 2.24) is 4.90 Å². The average Bonchev–Trinajstić information content (AvgIpc) is 2.58. The van der Waals surface area contributed by atoms with Crippen LogP contribution in [0, 0.1) is 0 Å². The Kier molecular flexibility index (Phi) is 5.83. The van der Waals surface area contributed by atoms with Gasteiger partial charge in [0.1, 0.15) is 12.0 Å².